The largest absolute Gasteiger partial charge is 0.508 e. The Morgan fingerprint density at radius 3 is 2.23 bits per heavy atom. The number of ketones is 1. The zero-order valence-electron chi connectivity index (χ0n) is 23.3. The zero-order chi connectivity index (χ0) is 29.0. The van der Waals surface area contributed by atoms with Gasteiger partial charge in [-0.05, 0) is 92.2 Å². The number of benzene rings is 3. The molecule has 0 aliphatic carbocycles. The van der Waals surface area contributed by atoms with Crippen LogP contribution in [0.4, 0.5) is 4.39 Å². The molecular weight excluding hydrogens is 529 g/mol. The van der Waals surface area contributed by atoms with Crippen LogP contribution in [0.25, 0.3) is 0 Å². The SMILES string of the molecule is CCCCCCc1ccc(O)cc1O.O=C(CCCN1CCC(O)(c2ccc(Cl)cc2)CC1)c1ccc(F)cc1. The number of Topliss-reactive ketones (excluding diaryl/α,β-unsaturated/α-hetero) is 1. The second-order valence-electron chi connectivity index (χ2n) is 10.5. The smallest absolute Gasteiger partial charge is 0.162 e. The highest BCUT2D eigenvalue weighted by molar-refractivity contribution is 6.30. The average molecular weight is 570 g/mol. The molecule has 0 aromatic heterocycles. The van der Waals surface area contributed by atoms with Crippen LogP contribution in [-0.2, 0) is 12.0 Å². The fourth-order valence-corrected chi connectivity index (χ4v) is 5.07. The van der Waals surface area contributed by atoms with Crippen molar-refractivity contribution < 1.29 is 24.5 Å². The average Bonchev–Trinajstić information content (AvgIpc) is 2.94. The fourth-order valence-electron chi connectivity index (χ4n) is 4.94. The van der Waals surface area contributed by atoms with Crippen molar-refractivity contribution in [2.45, 2.75) is 70.3 Å². The topological polar surface area (TPSA) is 81.0 Å². The van der Waals surface area contributed by atoms with E-state index in [1.807, 2.05) is 24.3 Å². The third-order valence-corrected chi connectivity index (χ3v) is 7.73. The number of phenols is 2. The Kier molecular flexibility index (Phi) is 12.4. The minimum Gasteiger partial charge on any atom is -0.508 e. The Morgan fingerprint density at radius 1 is 0.925 bits per heavy atom. The standard InChI is InChI=1S/C21H23ClFNO2.C12H18O2/c22-18-7-5-17(6-8-18)21(26)11-14-24(15-12-21)13-1-2-20(25)16-3-9-19(23)10-4-16;1-2-3-4-5-6-10-7-8-11(13)9-12(10)14/h3-10,26H,1-2,11-15H2;7-9,13-14H,2-6H2,1H3. The van der Waals surface area contributed by atoms with Crippen molar-refractivity contribution in [2.24, 2.45) is 0 Å². The maximum atomic E-state index is 12.9. The number of likely N-dealkylation sites (tertiary alicyclic amines) is 1. The van der Waals surface area contributed by atoms with Gasteiger partial charge >= 0.3 is 0 Å². The molecule has 0 spiro atoms. The van der Waals surface area contributed by atoms with Gasteiger partial charge in [-0.1, -0.05) is 56.0 Å². The van der Waals surface area contributed by atoms with Gasteiger partial charge in [0, 0.05) is 36.2 Å². The molecule has 1 saturated heterocycles. The van der Waals surface area contributed by atoms with Crippen LogP contribution in [-0.4, -0.2) is 45.6 Å². The van der Waals surface area contributed by atoms with E-state index in [9.17, 15) is 19.4 Å². The van der Waals surface area contributed by atoms with E-state index in [-0.39, 0.29) is 23.1 Å². The molecule has 1 fully saturated rings. The van der Waals surface area contributed by atoms with Crippen LogP contribution in [0, 0.1) is 5.82 Å². The lowest BCUT2D eigenvalue weighted by Gasteiger charge is -2.38. The van der Waals surface area contributed by atoms with Crippen LogP contribution in [0.3, 0.4) is 0 Å². The van der Waals surface area contributed by atoms with E-state index in [1.165, 1.54) is 49.6 Å². The van der Waals surface area contributed by atoms with Gasteiger partial charge in [0.15, 0.2) is 5.78 Å². The zero-order valence-corrected chi connectivity index (χ0v) is 24.0. The first-order valence-corrected chi connectivity index (χ1v) is 14.6. The molecule has 0 bridgehead atoms. The van der Waals surface area contributed by atoms with E-state index in [0.29, 0.717) is 29.8 Å². The minimum absolute atomic E-state index is 0.0414. The molecule has 3 N–H and O–H groups in total. The molecule has 1 heterocycles. The number of piperidine rings is 1. The number of halogens is 2. The monoisotopic (exact) mass is 569 g/mol. The van der Waals surface area contributed by atoms with Crippen molar-refractivity contribution in [1.29, 1.82) is 0 Å². The molecule has 4 rings (SSSR count). The highest BCUT2D eigenvalue weighted by atomic mass is 35.5. The highest BCUT2D eigenvalue weighted by Gasteiger charge is 2.33. The van der Waals surface area contributed by atoms with Crippen molar-refractivity contribution in [3.8, 4) is 11.5 Å². The summed E-state index contributed by atoms with van der Waals surface area (Å²) >= 11 is 5.92. The summed E-state index contributed by atoms with van der Waals surface area (Å²) in [4.78, 5) is 14.4. The molecule has 216 valence electrons. The van der Waals surface area contributed by atoms with Crippen molar-refractivity contribution in [2.75, 3.05) is 19.6 Å². The number of phenolic OH excluding ortho intramolecular Hbond substituents is 2. The van der Waals surface area contributed by atoms with E-state index in [1.54, 1.807) is 12.1 Å². The number of hydrogen-bond donors (Lipinski definition) is 3. The quantitative estimate of drug-likeness (QED) is 0.163. The number of aliphatic hydroxyl groups is 1. The molecule has 1 aliphatic heterocycles. The van der Waals surface area contributed by atoms with Crippen molar-refractivity contribution in [1.82, 2.24) is 4.90 Å². The highest BCUT2D eigenvalue weighted by Crippen LogP contribution is 2.33. The van der Waals surface area contributed by atoms with Crippen LogP contribution in [0.2, 0.25) is 5.02 Å². The maximum absolute atomic E-state index is 12.9. The molecule has 5 nitrogen and oxygen atoms in total. The van der Waals surface area contributed by atoms with Gasteiger partial charge in [-0.15, -0.1) is 0 Å². The molecule has 0 unspecified atom stereocenters. The Morgan fingerprint density at radius 2 is 1.60 bits per heavy atom. The molecule has 40 heavy (non-hydrogen) atoms. The number of carbonyl (C=O) groups is 1. The van der Waals surface area contributed by atoms with E-state index < -0.39 is 5.60 Å². The van der Waals surface area contributed by atoms with Gasteiger partial charge in [0.2, 0.25) is 0 Å². The number of aryl methyl sites for hydroxylation is 1. The molecular formula is C33H41ClFNO4. The summed E-state index contributed by atoms with van der Waals surface area (Å²) in [5, 5.41) is 30.1. The van der Waals surface area contributed by atoms with Gasteiger partial charge in [-0.2, -0.15) is 0 Å². The van der Waals surface area contributed by atoms with Gasteiger partial charge in [0.1, 0.15) is 17.3 Å². The first-order chi connectivity index (χ1) is 19.2. The first-order valence-electron chi connectivity index (χ1n) is 14.2. The van der Waals surface area contributed by atoms with Crippen molar-refractivity contribution in [3.63, 3.8) is 0 Å². The van der Waals surface area contributed by atoms with Crippen LogP contribution >= 0.6 is 11.6 Å². The van der Waals surface area contributed by atoms with Gasteiger partial charge in [0.05, 0.1) is 5.60 Å². The second-order valence-corrected chi connectivity index (χ2v) is 11.0. The molecule has 0 atom stereocenters. The van der Waals surface area contributed by atoms with Gasteiger partial charge < -0.3 is 20.2 Å². The van der Waals surface area contributed by atoms with E-state index in [4.69, 9.17) is 16.7 Å². The molecule has 3 aromatic carbocycles. The summed E-state index contributed by atoms with van der Waals surface area (Å²) < 4.78 is 12.9. The second kappa shape index (κ2) is 15.8. The fraction of sp³-hybridized carbons (Fsp3) is 0.424. The third-order valence-electron chi connectivity index (χ3n) is 7.48. The Labute approximate surface area is 242 Å². The summed E-state index contributed by atoms with van der Waals surface area (Å²) in [6.45, 7) is 4.59. The van der Waals surface area contributed by atoms with E-state index in [2.05, 4.69) is 11.8 Å². The summed E-state index contributed by atoms with van der Waals surface area (Å²) in [5.41, 5.74) is 1.60. The molecule has 0 amide bonds. The number of carbonyl (C=O) groups excluding carboxylic acids is 1. The maximum Gasteiger partial charge on any atom is 0.162 e. The predicted octanol–water partition coefficient (Wildman–Crippen LogP) is 7.65. The van der Waals surface area contributed by atoms with E-state index >= 15 is 0 Å². The Bertz CT molecular complexity index is 1190. The number of unbranched alkanes of at least 4 members (excludes halogenated alkanes) is 3. The molecule has 0 radical (unpaired) electrons. The van der Waals surface area contributed by atoms with Crippen molar-refractivity contribution >= 4 is 17.4 Å². The van der Waals surface area contributed by atoms with Crippen LogP contribution in [0.1, 0.15) is 79.8 Å². The van der Waals surface area contributed by atoms with Gasteiger partial charge in [-0.3, -0.25) is 4.79 Å². The lowest BCUT2D eigenvalue weighted by molar-refractivity contribution is -0.0260. The number of hydrogen-bond acceptors (Lipinski definition) is 5. The van der Waals surface area contributed by atoms with E-state index in [0.717, 1.165) is 50.0 Å². The summed E-state index contributed by atoms with van der Waals surface area (Å²) in [5.74, 6) is 0.0454. The number of nitrogens with zero attached hydrogens (tertiary/aromatic N) is 1. The minimum atomic E-state index is -0.801. The lowest BCUT2D eigenvalue weighted by atomic mass is 9.84. The van der Waals surface area contributed by atoms with Gasteiger partial charge in [0.25, 0.3) is 0 Å². The molecule has 7 heteroatoms. The Hall–Kier alpha value is -2.93. The first kappa shape index (κ1) is 31.6. The molecule has 3 aromatic rings. The number of aromatic hydroxyl groups is 2. The molecule has 0 saturated carbocycles. The third kappa shape index (κ3) is 9.92. The van der Waals surface area contributed by atoms with Crippen LogP contribution in [0.15, 0.2) is 66.7 Å². The van der Waals surface area contributed by atoms with Crippen LogP contribution in [0.5, 0.6) is 11.5 Å². The summed E-state index contributed by atoms with van der Waals surface area (Å²) in [6, 6.07) is 17.9. The summed E-state index contributed by atoms with van der Waals surface area (Å²) in [7, 11) is 0. The lowest BCUT2D eigenvalue weighted by Crippen LogP contribution is -2.42. The normalized spacial score (nSPS) is 14.8. The van der Waals surface area contributed by atoms with Gasteiger partial charge in [-0.25, -0.2) is 4.39 Å². The Balaban J connectivity index is 0.000000267. The molecule has 1 aliphatic rings. The number of rotatable bonds is 11. The van der Waals surface area contributed by atoms with Crippen molar-refractivity contribution in [3.05, 3.63) is 94.3 Å². The predicted molar refractivity (Wildman–Crippen MR) is 159 cm³/mol. The summed E-state index contributed by atoms with van der Waals surface area (Å²) in [6.07, 6.45) is 8.22. The van der Waals surface area contributed by atoms with Crippen LogP contribution < -0.4 is 0 Å².